The van der Waals surface area contributed by atoms with Crippen molar-refractivity contribution >= 4 is 38.7 Å². The summed E-state index contributed by atoms with van der Waals surface area (Å²) in [5.41, 5.74) is 1.34. The van der Waals surface area contributed by atoms with Crippen LogP contribution in [0.25, 0.3) is 20.5 Å². The first-order chi connectivity index (χ1) is 15.1. The molecule has 0 aliphatic carbocycles. The maximum Gasteiger partial charge on any atom is 0.274 e. The van der Waals surface area contributed by atoms with Crippen molar-refractivity contribution in [2.75, 3.05) is 6.54 Å². The normalized spacial score (nSPS) is 16.7. The number of rotatable bonds is 4. The Morgan fingerprint density at radius 2 is 1.94 bits per heavy atom. The number of carbonyl (C=O) groups is 1. The highest BCUT2D eigenvalue weighted by Gasteiger charge is 2.31. The van der Waals surface area contributed by atoms with Crippen molar-refractivity contribution in [1.29, 1.82) is 0 Å². The Morgan fingerprint density at radius 3 is 2.74 bits per heavy atom. The zero-order chi connectivity index (χ0) is 21.4. The lowest BCUT2D eigenvalue weighted by molar-refractivity contribution is 0.0610. The minimum Gasteiger partial charge on any atom is -0.334 e. The molecule has 6 heteroatoms. The van der Waals surface area contributed by atoms with Gasteiger partial charge in [-0.2, -0.15) is 0 Å². The number of aryl methyl sites for hydroxylation is 1. The second-order valence-electron chi connectivity index (χ2n) is 8.02. The van der Waals surface area contributed by atoms with E-state index >= 15 is 0 Å². The largest absolute Gasteiger partial charge is 0.334 e. The molecular weight excluding hydrogens is 427 g/mol. The van der Waals surface area contributed by atoms with Crippen LogP contribution in [-0.4, -0.2) is 28.4 Å². The first-order valence-corrected chi connectivity index (χ1v) is 12.2. The number of fused-ring (bicyclic) bond motifs is 1. The van der Waals surface area contributed by atoms with Gasteiger partial charge in [0, 0.05) is 28.6 Å². The minimum atomic E-state index is -0.280. The van der Waals surface area contributed by atoms with Crippen LogP contribution in [0, 0.1) is 12.7 Å². The topological polar surface area (TPSA) is 33.2 Å². The molecule has 2 aromatic carbocycles. The first-order valence-electron chi connectivity index (χ1n) is 10.6. The molecular formula is C25H23FN2OS2. The van der Waals surface area contributed by atoms with E-state index < -0.39 is 0 Å². The number of piperidine rings is 1. The van der Waals surface area contributed by atoms with Gasteiger partial charge in [-0.3, -0.25) is 4.79 Å². The Bertz CT molecular complexity index is 1200. The van der Waals surface area contributed by atoms with E-state index in [2.05, 4.69) is 35.3 Å². The molecule has 0 saturated carbocycles. The van der Waals surface area contributed by atoms with Crippen LogP contribution in [0.3, 0.4) is 0 Å². The fourth-order valence-electron chi connectivity index (χ4n) is 4.35. The van der Waals surface area contributed by atoms with Crippen molar-refractivity contribution in [2.24, 2.45) is 0 Å². The van der Waals surface area contributed by atoms with Crippen LogP contribution in [0.15, 0.2) is 54.6 Å². The van der Waals surface area contributed by atoms with Crippen LogP contribution in [0.1, 0.15) is 39.6 Å². The van der Waals surface area contributed by atoms with Crippen molar-refractivity contribution < 1.29 is 9.18 Å². The zero-order valence-corrected chi connectivity index (χ0v) is 18.9. The molecule has 1 saturated heterocycles. The van der Waals surface area contributed by atoms with Crippen LogP contribution < -0.4 is 0 Å². The van der Waals surface area contributed by atoms with E-state index in [0.717, 1.165) is 47.7 Å². The van der Waals surface area contributed by atoms with Crippen molar-refractivity contribution in [3.63, 3.8) is 0 Å². The highest BCUT2D eigenvalue weighted by atomic mass is 32.1. The zero-order valence-electron chi connectivity index (χ0n) is 17.3. The van der Waals surface area contributed by atoms with Gasteiger partial charge in [0.25, 0.3) is 5.91 Å². The third-order valence-electron chi connectivity index (χ3n) is 5.84. The molecule has 1 unspecified atom stereocenters. The molecule has 3 heterocycles. The minimum absolute atomic E-state index is 0.00511. The number of hydrogen-bond donors (Lipinski definition) is 0. The van der Waals surface area contributed by atoms with E-state index in [4.69, 9.17) is 0 Å². The summed E-state index contributed by atoms with van der Waals surface area (Å²) in [7, 11) is 0. The maximum atomic E-state index is 13.6. The predicted octanol–water partition coefficient (Wildman–Crippen LogP) is 6.71. The van der Waals surface area contributed by atoms with Gasteiger partial charge in [-0.25, -0.2) is 9.37 Å². The molecule has 158 valence electrons. The lowest BCUT2D eigenvalue weighted by Crippen LogP contribution is -2.45. The quantitative estimate of drug-likeness (QED) is 0.346. The van der Waals surface area contributed by atoms with E-state index in [1.165, 1.54) is 38.4 Å². The lowest BCUT2D eigenvalue weighted by atomic mass is 9.97. The number of thiazole rings is 1. The predicted molar refractivity (Wildman–Crippen MR) is 126 cm³/mol. The number of hydrogen-bond acceptors (Lipinski definition) is 4. The average Bonchev–Trinajstić information content (AvgIpc) is 3.37. The molecule has 1 aliphatic heterocycles. The summed E-state index contributed by atoms with van der Waals surface area (Å²) in [5, 5.41) is 2.12. The summed E-state index contributed by atoms with van der Waals surface area (Å²) in [4.78, 5) is 22.4. The number of thiophene rings is 1. The van der Waals surface area contributed by atoms with Gasteiger partial charge >= 0.3 is 0 Å². The van der Waals surface area contributed by atoms with Crippen LogP contribution >= 0.6 is 22.7 Å². The summed E-state index contributed by atoms with van der Waals surface area (Å²) in [6.45, 7) is 2.67. The van der Waals surface area contributed by atoms with Gasteiger partial charge in [-0.1, -0.05) is 30.3 Å². The summed E-state index contributed by atoms with van der Waals surface area (Å²) >= 11 is 3.31. The summed E-state index contributed by atoms with van der Waals surface area (Å²) in [6.07, 6.45) is 4.04. The number of carbonyl (C=O) groups excluding carboxylic acids is 1. The van der Waals surface area contributed by atoms with Crippen molar-refractivity contribution in [1.82, 2.24) is 9.88 Å². The molecule has 1 atom stereocenters. The number of nitrogens with zero attached hydrogens (tertiary/aromatic N) is 2. The Balaban J connectivity index is 1.44. The van der Waals surface area contributed by atoms with Crippen LogP contribution in [0.2, 0.25) is 0 Å². The molecule has 3 nitrogen and oxygen atoms in total. The molecule has 31 heavy (non-hydrogen) atoms. The van der Waals surface area contributed by atoms with Gasteiger partial charge in [-0.05, 0) is 61.4 Å². The molecule has 1 fully saturated rings. The van der Waals surface area contributed by atoms with Crippen LogP contribution in [-0.2, 0) is 6.42 Å². The molecule has 5 rings (SSSR count). The fraction of sp³-hybridized carbons (Fsp3) is 0.280. The molecule has 4 aromatic rings. The standard InChI is InChI=1S/C25H23FN2OS2/c1-16-27-23(24(30-16)17-9-11-19(26)12-10-17)25(29)28-13-5-4-7-20(28)15-21-14-18-6-2-3-8-22(18)31-21/h2-3,6,8-12,14,20H,4-5,7,13,15H2,1H3. The Labute approximate surface area is 189 Å². The lowest BCUT2D eigenvalue weighted by Gasteiger charge is -2.35. The van der Waals surface area contributed by atoms with Crippen molar-refractivity contribution in [3.05, 3.63) is 76.0 Å². The van der Waals surface area contributed by atoms with Gasteiger partial charge in [0.15, 0.2) is 0 Å². The number of halogens is 1. The number of amides is 1. The highest BCUT2D eigenvalue weighted by molar-refractivity contribution is 7.19. The number of likely N-dealkylation sites (tertiary alicyclic amines) is 1. The van der Waals surface area contributed by atoms with E-state index in [1.54, 1.807) is 12.1 Å². The molecule has 1 aliphatic rings. The molecule has 0 N–H and O–H groups in total. The van der Waals surface area contributed by atoms with Gasteiger partial charge in [-0.15, -0.1) is 22.7 Å². The maximum absolute atomic E-state index is 13.6. The van der Waals surface area contributed by atoms with Crippen LogP contribution in [0.5, 0.6) is 0 Å². The summed E-state index contributed by atoms with van der Waals surface area (Å²) < 4.78 is 14.7. The van der Waals surface area contributed by atoms with E-state index in [0.29, 0.717) is 5.69 Å². The van der Waals surface area contributed by atoms with E-state index in [9.17, 15) is 9.18 Å². The third kappa shape index (κ3) is 4.14. The first kappa shape index (κ1) is 20.3. The molecule has 2 aromatic heterocycles. The monoisotopic (exact) mass is 450 g/mol. The Hall–Kier alpha value is -2.57. The fourth-order valence-corrected chi connectivity index (χ4v) is 6.41. The molecule has 0 radical (unpaired) electrons. The highest BCUT2D eigenvalue weighted by Crippen LogP contribution is 2.34. The van der Waals surface area contributed by atoms with Gasteiger partial charge in [0.05, 0.1) is 9.88 Å². The average molecular weight is 451 g/mol. The number of aromatic nitrogens is 1. The SMILES string of the molecule is Cc1nc(C(=O)N2CCCCC2Cc2cc3ccccc3s2)c(-c2ccc(F)cc2)s1. The van der Waals surface area contributed by atoms with Crippen molar-refractivity contribution in [2.45, 2.75) is 38.6 Å². The van der Waals surface area contributed by atoms with Gasteiger partial charge in [0.2, 0.25) is 0 Å². The Morgan fingerprint density at radius 1 is 1.13 bits per heavy atom. The Kier molecular flexibility index (Phi) is 5.59. The summed E-state index contributed by atoms with van der Waals surface area (Å²) in [6, 6.07) is 17.2. The molecule has 1 amide bonds. The van der Waals surface area contributed by atoms with Crippen LogP contribution in [0.4, 0.5) is 4.39 Å². The van der Waals surface area contributed by atoms with Gasteiger partial charge < -0.3 is 4.90 Å². The third-order valence-corrected chi connectivity index (χ3v) is 8.00. The second-order valence-corrected chi connectivity index (χ2v) is 10.4. The summed E-state index contributed by atoms with van der Waals surface area (Å²) in [5.74, 6) is -0.285. The van der Waals surface area contributed by atoms with Crippen molar-refractivity contribution in [3.8, 4) is 10.4 Å². The smallest absolute Gasteiger partial charge is 0.274 e. The van der Waals surface area contributed by atoms with E-state index in [1.807, 2.05) is 23.2 Å². The molecule has 0 bridgehead atoms. The van der Waals surface area contributed by atoms with E-state index in [-0.39, 0.29) is 17.8 Å². The molecule has 0 spiro atoms. The number of benzene rings is 2. The second kappa shape index (κ2) is 8.52. The van der Waals surface area contributed by atoms with Gasteiger partial charge in [0.1, 0.15) is 11.5 Å².